The van der Waals surface area contributed by atoms with Crippen molar-refractivity contribution in [2.24, 2.45) is 5.41 Å². The number of para-hydroxylation sites is 1. The van der Waals surface area contributed by atoms with Crippen LogP contribution in [0, 0.1) is 15.5 Å². The maximum Gasteiger partial charge on any atom is 0.335 e. The van der Waals surface area contributed by atoms with Crippen LogP contribution in [0.2, 0.25) is 0 Å². The van der Waals surface area contributed by atoms with E-state index in [-0.39, 0.29) is 12.1 Å². The first-order chi connectivity index (χ1) is 16.3. The molecule has 2 aliphatic rings. The molecule has 0 unspecified atom stereocenters. The van der Waals surface area contributed by atoms with Crippen LogP contribution in [-0.4, -0.2) is 35.4 Å². The minimum absolute atomic E-state index is 0.0153. The van der Waals surface area contributed by atoms with Crippen molar-refractivity contribution in [2.45, 2.75) is 52.0 Å². The Morgan fingerprint density at radius 2 is 1.82 bits per heavy atom. The zero-order valence-electron chi connectivity index (χ0n) is 19.3. The molecule has 34 heavy (non-hydrogen) atoms. The highest BCUT2D eigenvalue weighted by Gasteiger charge is 2.62. The predicted octanol–water partition coefficient (Wildman–Crippen LogP) is 4.20. The largest absolute Gasteiger partial charge is 0.367 e. The van der Waals surface area contributed by atoms with Crippen LogP contribution in [0.15, 0.2) is 48.5 Å². The summed E-state index contributed by atoms with van der Waals surface area (Å²) < 4.78 is 0. The first-order valence-electron chi connectivity index (χ1n) is 11.6. The summed E-state index contributed by atoms with van der Waals surface area (Å²) >= 11 is 0. The van der Waals surface area contributed by atoms with Crippen LogP contribution in [0.4, 0.5) is 21.9 Å². The Hall–Kier alpha value is -3.75. The van der Waals surface area contributed by atoms with Gasteiger partial charge in [-0.3, -0.25) is 25.0 Å². The lowest BCUT2D eigenvalue weighted by molar-refractivity contribution is -0.384. The number of amides is 4. The van der Waals surface area contributed by atoms with Gasteiger partial charge in [-0.05, 0) is 36.6 Å². The Bertz CT molecular complexity index is 1140. The van der Waals surface area contributed by atoms with Gasteiger partial charge in [0.2, 0.25) is 5.91 Å². The van der Waals surface area contributed by atoms with Crippen LogP contribution in [0.25, 0.3) is 0 Å². The van der Waals surface area contributed by atoms with Crippen LogP contribution in [0.3, 0.4) is 0 Å². The number of unbranched alkanes of at least 4 members (excludes halogenated alkanes) is 1. The summed E-state index contributed by atoms with van der Waals surface area (Å²) in [5, 5.41) is 13.9. The fraction of sp³-hybridized carbons (Fsp3) is 0.400. The first kappa shape index (κ1) is 23.4. The number of carbonyl (C=O) groups excluding carboxylic acids is 3. The third-order valence-corrected chi connectivity index (χ3v) is 6.74. The van der Waals surface area contributed by atoms with Crippen molar-refractivity contribution in [3.05, 3.63) is 64.2 Å². The minimum atomic E-state index is -1.59. The van der Waals surface area contributed by atoms with Crippen molar-refractivity contribution in [1.29, 1.82) is 0 Å². The average molecular weight is 465 g/mol. The Labute approximate surface area is 197 Å². The van der Waals surface area contributed by atoms with E-state index in [9.17, 15) is 24.5 Å². The fourth-order valence-electron chi connectivity index (χ4n) is 5.15. The smallest absolute Gasteiger partial charge is 0.335 e. The molecular weight excluding hydrogens is 436 g/mol. The molecule has 2 aliphatic heterocycles. The van der Waals surface area contributed by atoms with E-state index in [1.54, 1.807) is 36.4 Å². The molecule has 1 saturated heterocycles. The highest BCUT2D eigenvalue weighted by molar-refractivity contribution is 6.30. The molecule has 4 amide bonds. The van der Waals surface area contributed by atoms with Gasteiger partial charge in [0.1, 0.15) is 0 Å². The molecule has 9 heteroatoms. The Morgan fingerprint density at radius 3 is 2.47 bits per heavy atom. The molecule has 2 aromatic rings. The Balaban J connectivity index is 1.91. The van der Waals surface area contributed by atoms with Crippen molar-refractivity contribution in [1.82, 2.24) is 5.32 Å². The third-order valence-electron chi connectivity index (χ3n) is 6.74. The molecule has 0 bridgehead atoms. The molecule has 178 valence electrons. The van der Waals surface area contributed by atoms with Gasteiger partial charge in [0.25, 0.3) is 11.6 Å². The van der Waals surface area contributed by atoms with Crippen molar-refractivity contribution in [2.75, 3.05) is 16.3 Å². The molecule has 0 aliphatic carbocycles. The first-order valence-corrected chi connectivity index (χ1v) is 11.6. The molecule has 0 saturated carbocycles. The zero-order chi connectivity index (χ0) is 24.5. The number of rotatable bonds is 7. The highest BCUT2D eigenvalue weighted by Crippen LogP contribution is 2.47. The number of nitro benzene ring substituents is 1. The number of hydrogen-bond donors (Lipinski definition) is 1. The second kappa shape index (κ2) is 9.24. The summed E-state index contributed by atoms with van der Waals surface area (Å²) in [5.41, 5.74) is 0.0424. The summed E-state index contributed by atoms with van der Waals surface area (Å²) in [4.78, 5) is 54.6. The summed E-state index contributed by atoms with van der Waals surface area (Å²) in [6, 6.07) is 11.8. The van der Waals surface area contributed by atoms with Crippen molar-refractivity contribution in [3.63, 3.8) is 0 Å². The highest BCUT2D eigenvalue weighted by atomic mass is 16.6. The van der Waals surface area contributed by atoms with Gasteiger partial charge in [0.05, 0.1) is 16.7 Å². The molecule has 1 fully saturated rings. The van der Waals surface area contributed by atoms with Crippen LogP contribution < -0.4 is 15.1 Å². The van der Waals surface area contributed by atoms with E-state index in [1.807, 2.05) is 11.8 Å². The standard InChI is InChI=1S/C25H28N4O5/c1-3-5-14-27-20-13-12-19(29(33)34)15-17(20)16-25(21(27)9-4-2)22(30)26-24(32)28(23(25)31)18-10-7-6-8-11-18/h6-8,10-13,15,21H,3-5,9,14,16H2,1-2H3,(H,26,30,32)/t21-,25-/m0/s1. The Morgan fingerprint density at radius 1 is 1.09 bits per heavy atom. The van der Waals surface area contributed by atoms with Crippen molar-refractivity contribution >= 4 is 34.9 Å². The van der Waals surface area contributed by atoms with Crippen LogP contribution in [-0.2, 0) is 16.0 Å². The lowest BCUT2D eigenvalue weighted by Gasteiger charge is -2.52. The second-order valence-electron chi connectivity index (χ2n) is 8.81. The van der Waals surface area contributed by atoms with Gasteiger partial charge in [0.15, 0.2) is 5.41 Å². The van der Waals surface area contributed by atoms with E-state index >= 15 is 0 Å². The molecule has 1 spiro atoms. The molecular formula is C25H28N4O5. The van der Waals surface area contributed by atoms with Gasteiger partial charge in [0, 0.05) is 30.8 Å². The van der Waals surface area contributed by atoms with E-state index < -0.39 is 34.2 Å². The number of nitrogens with one attached hydrogen (secondary N) is 1. The molecule has 1 N–H and O–H groups in total. The predicted molar refractivity (Wildman–Crippen MR) is 128 cm³/mol. The number of benzene rings is 2. The summed E-state index contributed by atoms with van der Waals surface area (Å²) in [6.07, 6.45) is 2.98. The number of hydrogen-bond acceptors (Lipinski definition) is 6. The number of anilines is 2. The van der Waals surface area contributed by atoms with E-state index in [0.29, 0.717) is 24.2 Å². The lowest BCUT2D eigenvalue weighted by Crippen LogP contribution is -2.72. The number of carbonyl (C=O) groups is 3. The number of barbiturate groups is 1. The van der Waals surface area contributed by atoms with E-state index in [1.165, 1.54) is 12.1 Å². The van der Waals surface area contributed by atoms with E-state index in [0.717, 1.165) is 29.8 Å². The van der Waals surface area contributed by atoms with Crippen molar-refractivity contribution in [3.8, 4) is 0 Å². The maximum absolute atomic E-state index is 14.1. The molecule has 0 radical (unpaired) electrons. The molecule has 4 rings (SSSR count). The van der Waals surface area contributed by atoms with Crippen LogP contribution in [0.5, 0.6) is 0 Å². The van der Waals surface area contributed by atoms with Gasteiger partial charge in [-0.1, -0.05) is 44.9 Å². The lowest BCUT2D eigenvalue weighted by atomic mass is 9.67. The van der Waals surface area contributed by atoms with Crippen LogP contribution >= 0.6 is 0 Å². The quantitative estimate of drug-likeness (QED) is 0.373. The molecule has 0 aromatic heterocycles. The summed E-state index contributed by atoms with van der Waals surface area (Å²) in [7, 11) is 0. The van der Waals surface area contributed by atoms with Gasteiger partial charge in [-0.25, -0.2) is 9.69 Å². The van der Waals surface area contributed by atoms with Gasteiger partial charge >= 0.3 is 6.03 Å². The number of fused-ring (bicyclic) bond motifs is 1. The minimum Gasteiger partial charge on any atom is -0.367 e. The normalized spacial score (nSPS) is 22.1. The SMILES string of the molecule is CCCCN1c2ccc([N+](=O)[O-])cc2C[C@@]2(C(=O)NC(=O)N(c3ccccc3)C2=O)[C@@H]1CCC. The van der Waals surface area contributed by atoms with E-state index in [2.05, 4.69) is 12.2 Å². The fourth-order valence-corrected chi connectivity index (χ4v) is 5.15. The van der Waals surface area contributed by atoms with Gasteiger partial charge in [-0.15, -0.1) is 0 Å². The number of nitro groups is 1. The summed E-state index contributed by atoms with van der Waals surface area (Å²) in [6.45, 7) is 4.63. The zero-order valence-corrected chi connectivity index (χ0v) is 19.3. The average Bonchev–Trinajstić information content (AvgIpc) is 2.82. The van der Waals surface area contributed by atoms with Crippen LogP contribution in [0.1, 0.15) is 45.1 Å². The van der Waals surface area contributed by atoms with Gasteiger partial charge < -0.3 is 4.90 Å². The topological polar surface area (TPSA) is 113 Å². The number of urea groups is 1. The number of nitrogens with zero attached hydrogens (tertiary/aromatic N) is 3. The monoisotopic (exact) mass is 464 g/mol. The van der Waals surface area contributed by atoms with Crippen molar-refractivity contribution < 1.29 is 19.3 Å². The van der Waals surface area contributed by atoms with E-state index in [4.69, 9.17) is 0 Å². The second-order valence-corrected chi connectivity index (χ2v) is 8.81. The molecule has 2 atom stereocenters. The summed E-state index contributed by atoms with van der Waals surface area (Å²) in [5.74, 6) is -1.24. The van der Waals surface area contributed by atoms with Gasteiger partial charge in [-0.2, -0.15) is 0 Å². The third kappa shape index (κ3) is 3.70. The molecule has 2 heterocycles. The Kier molecular flexibility index (Phi) is 6.37. The maximum atomic E-state index is 14.1. The molecule has 9 nitrogen and oxygen atoms in total. The number of non-ortho nitro benzene ring substituents is 1. The number of imide groups is 2. The molecule has 2 aromatic carbocycles.